The molecule has 1 aliphatic rings. The summed E-state index contributed by atoms with van der Waals surface area (Å²) in [6.07, 6.45) is 0.618. The quantitative estimate of drug-likeness (QED) is 0.802. The van der Waals surface area contributed by atoms with Gasteiger partial charge < -0.3 is 5.32 Å². The van der Waals surface area contributed by atoms with E-state index in [1.54, 1.807) is 4.90 Å². The molecule has 1 aromatic rings. The standard InChI is InChI=1S/C12H14N2O2/c1-2-10-12(16)13-8-11(15)14(10)9-6-4-3-5-7-9/h3-7,10H,2,8H2,1H3,(H,13,16). The van der Waals surface area contributed by atoms with Crippen LogP contribution in [-0.4, -0.2) is 24.4 Å². The fraction of sp³-hybridized carbons (Fsp3) is 0.333. The van der Waals surface area contributed by atoms with Gasteiger partial charge in [0.05, 0.1) is 6.54 Å². The maximum Gasteiger partial charge on any atom is 0.247 e. The Morgan fingerprint density at radius 3 is 2.62 bits per heavy atom. The van der Waals surface area contributed by atoms with Crippen molar-refractivity contribution >= 4 is 17.5 Å². The number of piperazine rings is 1. The molecule has 84 valence electrons. The molecule has 1 aromatic carbocycles. The van der Waals surface area contributed by atoms with Crippen molar-refractivity contribution in [3.63, 3.8) is 0 Å². The zero-order chi connectivity index (χ0) is 11.5. The summed E-state index contributed by atoms with van der Waals surface area (Å²) in [6.45, 7) is 1.99. The lowest BCUT2D eigenvalue weighted by atomic mass is 10.1. The van der Waals surface area contributed by atoms with Crippen LogP contribution in [-0.2, 0) is 9.59 Å². The average molecular weight is 218 g/mol. The fourth-order valence-corrected chi connectivity index (χ4v) is 1.94. The fourth-order valence-electron chi connectivity index (χ4n) is 1.94. The van der Waals surface area contributed by atoms with Gasteiger partial charge in [0.15, 0.2) is 0 Å². The number of anilines is 1. The van der Waals surface area contributed by atoms with E-state index in [1.165, 1.54) is 0 Å². The van der Waals surface area contributed by atoms with E-state index < -0.39 is 0 Å². The molecule has 16 heavy (non-hydrogen) atoms. The number of carbonyl (C=O) groups excluding carboxylic acids is 2. The van der Waals surface area contributed by atoms with Crippen molar-refractivity contribution in [2.45, 2.75) is 19.4 Å². The smallest absolute Gasteiger partial charge is 0.247 e. The first-order valence-corrected chi connectivity index (χ1v) is 5.39. The molecule has 1 atom stereocenters. The van der Waals surface area contributed by atoms with Crippen LogP contribution in [0.15, 0.2) is 30.3 Å². The largest absolute Gasteiger partial charge is 0.345 e. The number of para-hydroxylation sites is 1. The number of nitrogens with one attached hydrogen (secondary N) is 1. The molecule has 0 radical (unpaired) electrons. The zero-order valence-corrected chi connectivity index (χ0v) is 9.14. The molecular formula is C12H14N2O2. The second kappa shape index (κ2) is 4.35. The van der Waals surface area contributed by atoms with Crippen LogP contribution in [0.25, 0.3) is 0 Å². The molecule has 4 heteroatoms. The molecule has 2 rings (SSSR count). The maximum absolute atomic E-state index is 11.8. The molecule has 1 unspecified atom stereocenters. The van der Waals surface area contributed by atoms with Crippen molar-refractivity contribution in [3.8, 4) is 0 Å². The van der Waals surface area contributed by atoms with E-state index in [9.17, 15) is 9.59 Å². The molecule has 0 spiro atoms. The molecule has 1 saturated heterocycles. The molecule has 1 aliphatic heterocycles. The van der Waals surface area contributed by atoms with Crippen LogP contribution in [0.1, 0.15) is 13.3 Å². The minimum absolute atomic E-state index is 0.0577. The molecule has 0 aliphatic carbocycles. The molecule has 2 amide bonds. The first-order chi connectivity index (χ1) is 7.74. The van der Waals surface area contributed by atoms with Gasteiger partial charge in [0, 0.05) is 5.69 Å². The summed E-state index contributed by atoms with van der Waals surface area (Å²) in [5.74, 6) is -0.136. The Morgan fingerprint density at radius 1 is 1.31 bits per heavy atom. The summed E-state index contributed by atoms with van der Waals surface area (Å²) in [5, 5.41) is 2.60. The molecule has 1 fully saturated rings. The Balaban J connectivity index is 2.35. The summed E-state index contributed by atoms with van der Waals surface area (Å²) in [6, 6.07) is 8.92. The van der Waals surface area contributed by atoms with Crippen molar-refractivity contribution in [2.75, 3.05) is 11.4 Å². The van der Waals surface area contributed by atoms with Gasteiger partial charge in [0.2, 0.25) is 11.8 Å². The molecule has 1 N–H and O–H groups in total. The highest BCUT2D eigenvalue weighted by atomic mass is 16.2. The molecular weight excluding hydrogens is 204 g/mol. The lowest BCUT2D eigenvalue weighted by Gasteiger charge is -2.34. The molecule has 0 bridgehead atoms. The van der Waals surface area contributed by atoms with E-state index in [2.05, 4.69) is 5.32 Å². The van der Waals surface area contributed by atoms with Crippen molar-refractivity contribution in [2.24, 2.45) is 0 Å². The second-order valence-electron chi connectivity index (χ2n) is 3.74. The summed E-state index contributed by atoms with van der Waals surface area (Å²) >= 11 is 0. The van der Waals surface area contributed by atoms with Crippen LogP contribution < -0.4 is 10.2 Å². The van der Waals surface area contributed by atoms with Gasteiger partial charge in [-0.25, -0.2) is 0 Å². The Labute approximate surface area is 94.2 Å². The summed E-state index contributed by atoms with van der Waals surface area (Å²) in [5.41, 5.74) is 0.786. The van der Waals surface area contributed by atoms with Crippen molar-refractivity contribution < 1.29 is 9.59 Å². The van der Waals surface area contributed by atoms with E-state index in [-0.39, 0.29) is 24.4 Å². The van der Waals surface area contributed by atoms with E-state index in [4.69, 9.17) is 0 Å². The number of rotatable bonds is 2. The summed E-state index contributed by atoms with van der Waals surface area (Å²) in [4.78, 5) is 25.1. The summed E-state index contributed by atoms with van der Waals surface area (Å²) < 4.78 is 0. The Bertz CT molecular complexity index is 403. The number of carbonyl (C=O) groups is 2. The maximum atomic E-state index is 11.8. The molecule has 1 heterocycles. The first-order valence-electron chi connectivity index (χ1n) is 5.39. The molecule has 0 saturated carbocycles. The monoisotopic (exact) mass is 218 g/mol. The summed E-state index contributed by atoms with van der Waals surface area (Å²) in [7, 11) is 0. The minimum Gasteiger partial charge on any atom is -0.345 e. The number of hydrogen-bond acceptors (Lipinski definition) is 2. The van der Waals surface area contributed by atoms with Crippen LogP contribution in [0, 0.1) is 0 Å². The zero-order valence-electron chi connectivity index (χ0n) is 9.14. The Morgan fingerprint density at radius 2 is 2.00 bits per heavy atom. The second-order valence-corrected chi connectivity index (χ2v) is 3.74. The highest BCUT2D eigenvalue weighted by Gasteiger charge is 2.33. The Hall–Kier alpha value is -1.84. The number of amides is 2. The average Bonchev–Trinajstić information content (AvgIpc) is 2.33. The highest BCUT2D eigenvalue weighted by Crippen LogP contribution is 2.20. The van der Waals surface area contributed by atoms with Gasteiger partial charge in [-0.1, -0.05) is 25.1 Å². The minimum atomic E-state index is -0.386. The van der Waals surface area contributed by atoms with Crippen molar-refractivity contribution in [3.05, 3.63) is 30.3 Å². The van der Waals surface area contributed by atoms with Gasteiger partial charge in [-0.15, -0.1) is 0 Å². The third-order valence-electron chi connectivity index (χ3n) is 2.72. The first kappa shape index (κ1) is 10.7. The van der Waals surface area contributed by atoms with Crippen LogP contribution in [0.5, 0.6) is 0 Å². The van der Waals surface area contributed by atoms with Gasteiger partial charge in [-0.3, -0.25) is 14.5 Å². The van der Waals surface area contributed by atoms with Crippen LogP contribution in [0.2, 0.25) is 0 Å². The van der Waals surface area contributed by atoms with Crippen molar-refractivity contribution in [1.82, 2.24) is 5.32 Å². The molecule has 0 aromatic heterocycles. The Kier molecular flexibility index (Phi) is 2.90. The predicted octanol–water partition coefficient (Wildman–Crippen LogP) is 0.928. The SMILES string of the molecule is CCC1C(=O)NCC(=O)N1c1ccccc1. The molecule has 4 nitrogen and oxygen atoms in total. The van der Waals surface area contributed by atoms with Crippen LogP contribution >= 0.6 is 0 Å². The van der Waals surface area contributed by atoms with E-state index in [1.807, 2.05) is 37.3 Å². The van der Waals surface area contributed by atoms with Gasteiger partial charge in [0.25, 0.3) is 0 Å². The topological polar surface area (TPSA) is 49.4 Å². The van der Waals surface area contributed by atoms with Crippen molar-refractivity contribution in [1.29, 1.82) is 0 Å². The highest BCUT2D eigenvalue weighted by molar-refractivity contribution is 6.06. The predicted molar refractivity (Wildman–Crippen MR) is 61.0 cm³/mol. The van der Waals surface area contributed by atoms with Gasteiger partial charge in [-0.2, -0.15) is 0 Å². The number of nitrogens with zero attached hydrogens (tertiary/aromatic N) is 1. The lowest BCUT2D eigenvalue weighted by Crippen LogP contribution is -2.58. The van der Waals surface area contributed by atoms with Gasteiger partial charge in [-0.05, 0) is 18.6 Å². The van der Waals surface area contributed by atoms with E-state index in [0.29, 0.717) is 6.42 Å². The third-order valence-corrected chi connectivity index (χ3v) is 2.72. The van der Waals surface area contributed by atoms with E-state index >= 15 is 0 Å². The number of hydrogen-bond donors (Lipinski definition) is 1. The number of benzene rings is 1. The van der Waals surface area contributed by atoms with Crippen LogP contribution in [0.4, 0.5) is 5.69 Å². The van der Waals surface area contributed by atoms with Gasteiger partial charge in [0.1, 0.15) is 6.04 Å². The van der Waals surface area contributed by atoms with Crippen LogP contribution in [0.3, 0.4) is 0 Å². The van der Waals surface area contributed by atoms with Gasteiger partial charge >= 0.3 is 0 Å². The van der Waals surface area contributed by atoms with E-state index in [0.717, 1.165) is 5.69 Å². The normalized spacial score (nSPS) is 20.8. The lowest BCUT2D eigenvalue weighted by molar-refractivity contribution is -0.131. The third kappa shape index (κ3) is 1.78.